The molecule has 124 valence electrons. The van der Waals surface area contributed by atoms with E-state index >= 15 is 0 Å². The summed E-state index contributed by atoms with van der Waals surface area (Å²) >= 11 is 0. The SMILES string of the molecule is CC.CC(C)COc1ccccc1O.c1ccc2oncc2c1. The summed E-state index contributed by atoms with van der Waals surface area (Å²) in [4.78, 5) is 0. The summed E-state index contributed by atoms with van der Waals surface area (Å²) in [5.41, 5.74) is 0.845. The van der Waals surface area contributed by atoms with Gasteiger partial charge in [0.15, 0.2) is 17.1 Å². The summed E-state index contributed by atoms with van der Waals surface area (Å²) in [6.45, 7) is 8.78. The van der Waals surface area contributed by atoms with Crippen molar-refractivity contribution in [1.29, 1.82) is 0 Å². The minimum Gasteiger partial charge on any atom is -0.504 e. The molecule has 3 aromatic rings. The summed E-state index contributed by atoms with van der Waals surface area (Å²) in [6, 6.07) is 14.7. The highest BCUT2D eigenvalue weighted by atomic mass is 16.5. The number of nitrogens with zero attached hydrogens (tertiary/aromatic N) is 1. The van der Waals surface area contributed by atoms with E-state index in [9.17, 15) is 5.11 Å². The van der Waals surface area contributed by atoms with Crippen LogP contribution < -0.4 is 4.74 Å². The maximum atomic E-state index is 9.30. The van der Waals surface area contributed by atoms with Crippen LogP contribution in [0.2, 0.25) is 0 Å². The van der Waals surface area contributed by atoms with E-state index in [1.165, 1.54) is 0 Å². The number of phenolic OH excluding ortho intramolecular Hbond substituents is 1. The number of benzene rings is 2. The van der Waals surface area contributed by atoms with Crippen molar-refractivity contribution < 1.29 is 14.4 Å². The lowest BCUT2D eigenvalue weighted by Gasteiger charge is -2.09. The Bertz CT molecular complexity index is 647. The lowest BCUT2D eigenvalue weighted by Crippen LogP contribution is -2.04. The van der Waals surface area contributed by atoms with Gasteiger partial charge in [0.2, 0.25) is 0 Å². The third-order valence-electron chi connectivity index (χ3n) is 2.70. The Morgan fingerprint density at radius 1 is 1.04 bits per heavy atom. The standard InChI is InChI=1S/C10H14O2.C7H5NO.C2H6/c1-8(2)7-12-10-6-4-3-5-9(10)11;1-2-4-7-6(3-1)5-8-9-7;1-2/h3-6,8,11H,7H2,1-2H3;1-5H;1-2H3. The molecule has 0 aliphatic rings. The fourth-order valence-electron chi connectivity index (χ4n) is 1.65. The topological polar surface area (TPSA) is 55.5 Å². The Hall–Kier alpha value is -2.49. The fraction of sp³-hybridized carbons (Fsp3) is 0.316. The predicted molar refractivity (Wildman–Crippen MR) is 93.8 cm³/mol. The van der Waals surface area contributed by atoms with Gasteiger partial charge in [-0.3, -0.25) is 0 Å². The minimum absolute atomic E-state index is 0.207. The molecule has 0 spiro atoms. The lowest BCUT2D eigenvalue weighted by atomic mass is 10.2. The first-order valence-corrected chi connectivity index (χ1v) is 7.87. The molecule has 1 heterocycles. The molecule has 0 radical (unpaired) electrons. The number of phenols is 1. The average molecular weight is 315 g/mol. The van der Waals surface area contributed by atoms with E-state index in [1.807, 2.05) is 44.2 Å². The van der Waals surface area contributed by atoms with Crippen molar-refractivity contribution in [3.63, 3.8) is 0 Å². The van der Waals surface area contributed by atoms with Gasteiger partial charge < -0.3 is 14.4 Å². The highest BCUT2D eigenvalue weighted by molar-refractivity contribution is 5.75. The number of ether oxygens (including phenoxy) is 1. The van der Waals surface area contributed by atoms with E-state index in [2.05, 4.69) is 19.0 Å². The van der Waals surface area contributed by atoms with Crippen LogP contribution in [0.5, 0.6) is 11.5 Å². The van der Waals surface area contributed by atoms with Crippen molar-refractivity contribution in [3.8, 4) is 11.5 Å². The second kappa shape index (κ2) is 10.3. The molecule has 3 rings (SSSR count). The lowest BCUT2D eigenvalue weighted by molar-refractivity contribution is 0.259. The van der Waals surface area contributed by atoms with Gasteiger partial charge in [-0.25, -0.2) is 0 Å². The number of aromatic nitrogens is 1. The van der Waals surface area contributed by atoms with E-state index in [0.29, 0.717) is 18.3 Å². The van der Waals surface area contributed by atoms with Crippen LogP contribution in [0.25, 0.3) is 11.0 Å². The first-order chi connectivity index (χ1) is 11.2. The Morgan fingerprint density at radius 2 is 1.70 bits per heavy atom. The van der Waals surface area contributed by atoms with Crippen LogP contribution in [-0.2, 0) is 0 Å². The Kier molecular flexibility index (Phi) is 8.29. The number of aromatic hydroxyl groups is 1. The molecule has 0 atom stereocenters. The van der Waals surface area contributed by atoms with Gasteiger partial charge in [0.25, 0.3) is 0 Å². The second-order valence-corrected chi connectivity index (χ2v) is 5.04. The van der Waals surface area contributed by atoms with Gasteiger partial charge in [-0.1, -0.05) is 57.1 Å². The van der Waals surface area contributed by atoms with Crippen LogP contribution in [0.4, 0.5) is 0 Å². The average Bonchev–Trinajstić information content (AvgIpc) is 3.05. The molecule has 1 N–H and O–H groups in total. The highest BCUT2D eigenvalue weighted by Crippen LogP contribution is 2.24. The van der Waals surface area contributed by atoms with Gasteiger partial charge in [-0.2, -0.15) is 0 Å². The normalized spacial score (nSPS) is 9.61. The van der Waals surface area contributed by atoms with Gasteiger partial charge in [0.05, 0.1) is 12.8 Å². The number of fused-ring (bicyclic) bond motifs is 1. The van der Waals surface area contributed by atoms with Gasteiger partial charge in [-0.05, 0) is 30.2 Å². The first-order valence-electron chi connectivity index (χ1n) is 7.87. The molecule has 0 saturated carbocycles. The van der Waals surface area contributed by atoms with Crippen LogP contribution in [0.15, 0.2) is 59.3 Å². The molecule has 0 unspecified atom stereocenters. The van der Waals surface area contributed by atoms with Crippen molar-refractivity contribution in [2.45, 2.75) is 27.7 Å². The maximum Gasteiger partial charge on any atom is 0.166 e. The molecular formula is C19H25NO3. The van der Waals surface area contributed by atoms with E-state index in [0.717, 1.165) is 11.0 Å². The van der Waals surface area contributed by atoms with Crippen molar-refractivity contribution in [1.82, 2.24) is 5.16 Å². The summed E-state index contributed by atoms with van der Waals surface area (Å²) < 4.78 is 10.2. The highest BCUT2D eigenvalue weighted by Gasteiger charge is 2.00. The largest absolute Gasteiger partial charge is 0.504 e. The quantitative estimate of drug-likeness (QED) is 0.714. The molecule has 4 heteroatoms. The molecule has 0 bridgehead atoms. The zero-order chi connectivity index (χ0) is 17.1. The summed E-state index contributed by atoms with van der Waals surface area (Å²) in [7, 11) is 0. The molecule has 0 aliphatic heterocycles. The van der Waals surface area contributed by atoms with E-state index in [1.54, 1.807) is 24.4 Å². The van der Waals surface area contributed by atoms with Gasteiger partial charge in [0, 0.05) is 5.39 Å². The first kappa shape index (κ1) is 18.6. The second-order valence-electron chi connectivity index (χ2n) is 5.04. The summed E-state index contributed by atoms with van der Waals surface area (Å²) in [5, 5.41) is 14.0. The number of hydrogen-bond donors (Lipinski definition) is 1. The number of rotatable bonds is 3. The van der Waals surface area contributed by atoms with Crippen molar-refractivity contribution >= 4 is 11.0 Å². The van der Waals surface area contributed by atoms with Gasteiger partial charge in [-0.15, -0.1) is 0 Å². The minimum atomic E-state index is 0.207. The van der Waals surface area contributed by atoms with Crippen molar-refractivity contribution in [2.75, 3.05) is 6.61 Å². The molecule has 1 aromatic heterocycles. The van der Waals surface area contributed by atoms with E-state index in [-0.39, 0.29) is 5.75 Å². The Labute approximate surface area is 137 Å². The number of para-hydroxylation sites is 3. The van der Waals surface area contributed by atoms with Crippen LogP contribution in [-0.4, -0.2) is 16.9 Å². The Morgan fingerprint density at radius 3 is 2.35 bits per heavy atom. The summed E-state index contributed by atoms with van der Waals surface area (Å²) in [5.74, 6) is 1.24. The molecule has 0 aliphatic carbocycles. The smallest absolute Gasteiger partial charge is 0.166 e. The zero-order valence-electron chi connectivity index (χ0n) is 14.2. The third-order valence-corrected chi connectivity index (χ3v) is 2.70. The van der Waals surface area contributed by atoms with Crippen LogP contribution >= 0.6 is 0 Å². The molecule has 2 aromatic carbocycles. The molecular weight excluding hydrogens is 290 g/mol. The fourth-order valence-corrected chi connectivity index (χ4v) is 1.65. The summed E-state index contributed by atoms with van der Waals surface area (Å²) in [6.07, 6.45) is 1.70. The molecule has 0 fully saturated rings. The number of hydrogen-bond acceptors (Lipinski definition) is 4. The van der Waals surface area contributed by atoms with E-state index in [4.69, 9.17) is 9.26 Å². The molecule has 4 nitrogen and oxygen atoms in total. The predicted octanol–water partition coefficient (Wildman–Crippen LogP) is 5.28. The third kappa shape index (κ3) is 6.43. The van der Waals surface area contributed by atoms with Crippen LogP contribution in [0.1, 0.15) is 27.7 Å². The van der Waals surface area contributed by atoms with E-state index < -0.39 is 0 Å². The molecule has 0 saturated heterocycles. The molecule has 23 heavy (non-hydrogen) atoms. The van der Waals surface area contributed by atoms with Gasteiger partial charge in [0.1, 0.15) is 0 Å². The Balaban J connectivity index is 0.000000213. The molecule has 0 amide bonds. The van der Waals surface area contributed by atoms with Crippen LogP contribution in [0, 0.1) is 5.92 Å². The monoisotopic (exact) mass is 315 g/mol. The maximum absolute atomic E-state index is 9.30. The van der Waals surface area contributed by atoms with Crippen molar-refractivity contribution in [2.24, 2.45) is 5.92 Å². The van der Waals surface area contributed by atoms with Crippen LogP contribution in [0.3, 0.4) is 0 Å². The van der Waals surface area contributed by atoms with Gasteiger partial charge >= 0.3 is 0 Å². The zero-order valence-corrected chi connectivity index (χ0v) is 14.2. The van der Waals surface area contributed by atoms with Crippen molar-refractivity contribution in [3.05, 3.63) is 54.7 Å².